The van der Waals surface area contributed by atoms with Crippen molar-refractivity contribution in [1.29, 1.82) is 0 Å². The second kappa shape index (κ2) is 4.82. The fourth-order valence-electron chi connectivity index (χ4n) is 2.97. The van der Waals surface area contributed by atoms with Crippen molar-refractivity contribution in [2.45, 2.75) is 43.6 Å². The maximum absolute atomic E-state index is 4.69. The molecule has 0 aromatic heterocycles. The molecule has 0 saturated heterocycles. The molecule has 0 amide bonds. The van der Waals surface area contributed by atoms with Gasteiger partial charge in [0.2, 0.25) is 0 Å². The molecule has 2 aromatic carbocycles. The highest BCUT2D eigenvalue weighted by atomic mass is 32.1. The van der Waals surface area contributed by atoms with Crippen molar-refractivity contribution in [2.75, 3.05) is 0 Å². The second-order valence-electron chi connectivity index (χ2n) is 7.04. The van der Waals surface area contributed by atoms with E-state index in [0.717, 1.165) is 6.42 Å². The summed E-state index contributed by atoms with van der Waals surface area (Å²) in [6.45, 7) is 8.56. The molecular weight excluding hydrogens is 292 g/mol. The molecule has 3 rings (SSSR count). The van der Waals surface area contributed by atoms with Crippen LogP contribution in [-0.4, -0.2) is 0 Å². The number of thiol groups is 2. The summed E-state index contributed by atoms with van der Waals surface area (Å²) < 4.78 is -0.190. The van der Waals surface area contributed by atoms with Gasteiger partial charge in [0.05, 0.1) is 0 Å². The van der Waals surface area contributed by atoms with Gasteiger partial charge in [0.25, 0.3) is 0 Å². The molecule has 0 atom stereocenters. The van der Waals surface area contributed by atoms with Crippen molar-refractivity contribution in [1.82, 2.24) is 0 Å². The second-order valence-corrected chi connectivity index (χ2v) is 9.27. The molecule has 0 nitrogen and oxygen atoms in total. The number of hydrogen-bond donors (Lipinski definition) is 2. The Balaban J connectivity index is 2.06. The Morgan fingerprint density at radius 3 is 1.43 bits per heavy atom. The summed E-state index contributed by atoms with van der Waals surface area (Å²) in [7, 11) is 0. The van der Waals surface area contributed by atoms with Gasteiger partial charge in [0.1, 0.15) is 0 Å². The molecule has 0 radical (unpaired) electrons. The summed E-state index contributed by atoms with van der Waals surface area (Å²) in [5.74, 6) is 0. The van der Waals surface area contributed by atoms with Crippen molar-refractivity contribution in [3.8, 4) is 11.1 Å². The minimum absolute atomic E-state index is 0.0952. The van der Waals surface area contributed by atoms with Crippen molar-refractivity contribution >= 4 is 25.3 Å². The van der Waals surface area contributed by atoms with Crippen LogP contribution >= 0.6 is 25.3 Å². The lowest BCUT2D eigenvalue weighted by Crippen LogP contribution is -2.07. The fourth-order valence-corrected chi connectivity index (χ4v) is 3.25. The molecule has 0 aliphatic heterocycles. The average Bonchev–Trinajstić information content (AvgIpc) is 2.73. The first kappa shape index (κ1) is 15.1. The lowest BCUT2D eigenvalue weighted by molar-refractivity contribution is 0.788. The van der Waals surface area contributed by atoms with E-state index in [2.05, 4.69) is 64.1 Å². The molecule has 2 heteroatoms. The summed E-state index contributed by atoms with van der Waals surface area (Å²) in [6, 6.07) is 13.5. The predicted molar refractivity (Wildman–Crippen MR) is 98.7 cm³/mol. The van der Waals surface area contributed by atoms with Gasteiger partial charge in [-0.2, -0.15) is 25.3 Å². The first-order valence-electron chi connectivity index (χ1n) is 7.38. The van der Waals surface area contributed by atoms with Crippen LogP contribution in [0.2, 0.25) is 0 Å². The van der Waals surface area contributed by atoms with E-state index < -0.39 is 0 Å². The number of hydrogen-bond acceptors (Lipinski definition) is 2. The summed E-state index contributed by atoms with van der Waals surface area (Å²) in [4.78, 5) is 0. The van der Waals surface area contributed by atoms with E-state index in [9.17, 15) is 0 Å². The van der Waals surface area contributed by atoms with Gasteiger partial charge in [-0.1, -0.05) is 36.4 Å². The molecule has 21 heavy (non-hydrogen) atoms. The molecule has 0 saturated carbocycles. The van der Waals surface area contributed by atoms with Gasteiger partial charge in [-0.3, -0.25) is 0 Å². The third-order valence-corrected chi connectivity index (χ3v) is 4.81. The maximum atomic E-state index is 4.69. The number of rotatable bonds is 2. The number of fused-ring (bicyclic) bond motifs is 3. The third-order valence-electron chi connectivity index (χ3n) is 4.29. The summed E-state index contributed by atoms with van der Waals surface area (Å²) >= 11 is 9.38. The molecule has 0 fully saturated rings. The van der Waals surface area contributed by atoms with E-state index in [-0.39, 0.29) is 9.49 Å². The summed E-state index contributed by atoms with van der Waals surface area (Å²) in [5, 5.41) is 0. The van der Waals surface area contributed by atoms with Gasteiger partial charge >= 0.3 is 0 Å². The van der Waals surface area contributed by atoms with Crippen LogP contribution in [0.5, 0.6) is 0 Å². The van der Waals surface area contributed by atoms with E-state index in [1.54, 1.807) is 0 Å². The lowest BCUT2D eigenvalue weighted by atomic mass is 9.96. The van der Waals surface area contributed by atoms with E-state index in [1.807, 2.05) is 0 Å². The van der Waals surface area contributed by atoms with E-state index in [1.165, 1.54) is 33.4 Å². The molecule has 0 N–H and O–H groups in total. The summed E-state index contributed by atoms with van der Waals surface area (Å²) in [6.07, 6.45) is 1.01. The highest BCUT2D eigenvalue weighted by molar-refractivity contribution is 7.81. The molecule has 0 unspecified atom stereocenters. The average molecular weight is 315 g/mol. The van der Waals surface area contributed by atoms with Crippen LogP contribution in [0.25, 0.3) is 11.1 Å². The van der Waals surface area contributed by atoms with Crippen LogP contribution < -0.4 is 0 Å². The van der Waals surface area contributed by atoms with Crippen LogP contribution in [0.1, 0.15) is 49.9 Å². The molecule has 1 aliphatic carbocycles. The van der Waals surface area contributed by atoms with Crippen LogP contribution in [0.4, 0.5) is 0 Å². The van der Waals surface area contributed by atoms with E-state index in [0.29, 0.717) is 0 Å². The van der Waals surface area contributed by atoms with Gasteiger partial charge in [-0.25, -0.2) is 0 Å². The Hall–Kier alpha value is -0.860. The normalized spacial score (nSPS) is 14.0. The lowest BCUT2D eigenvalue weighted by Gasteiger charge is -2.19. The zero-order valence-corrected chi connectivity index (χ0v) is 14.9. The summed E-state index contributed by atoms with van der Waals surface area (Å²) in [5.41, 5.74) is 8.14. The first-order valence-corrected chi connectivity index (χ1v) is 8.27. The zero-order chi connectivity index (χ0) is 15.4. The van der Waals surface area contributed by atoms with Crippen LogP contribution in [-0.2, 0) is 15.9 Å². The molecular formula is C19H22S2. The zero-order valence-electron chi connectivity index (χ0n) is 13.1. The Labute approximate surface area is 138 Å². The highest BCUT2D eigenvalue weighted by Crippen LogP contribution is 2.41. The van der Waals surface area contributed by atoms with Crippen molar-refractivity contribution in [3.05, 3.63) is 58.7 Å². The molecule has 0 spiro atoms. The Morgan fingerprint density at radius 2 is 1.10 bits per heavy atom. The molecule has 110 valence electrons. The Bertz CT molecular complexity index is 639. The van der Waals surface area contributed by atoms with Crippen LogP contribution in [0.15, 0.2) is 36.4 Å². The van der Waals surface area contributed by atoms with E-state index in [4.69, 9.17) is 25.3 Å². The Morgan fingerprint density at radius 1 is 0.714 bits per heavy atom. The smallest absolute Gasteiger partial charge is 0.0322 e. The van der Waals surface area contributed by atoms with Gasteiger partial charge in [-0.05, 0) is 67.5 Å². The topological polar surface area (TPSA) is 0 Å². The van der Waals surface area contributed by atoms with Crippen molar-refractivity contribution in [2.24, 2.45) is 0 Å². The van der Waals surface area contributed by atoms with Crippen molar-refractivity contribution in [3.63, 3.8) is 0 Å². The molecule has 1 aliphatic rings. The first-order chi connectivity index (χ1) is 9.66. The molecule has 0 bridgehead atoms. The Kier molecular flexibility index (Phi) is 3.46. The largest absolute Gasteiger partial charge is 0.168 e. The molecule has 2 aromatic rings. The maximum Gasteiger partial charge on any atom is 0.0322 e. The fraction of sp³-hybridized carbons (Fsp3) is 0.368. The van der Waals surface area contributed by atoms with Crippen LogP contribution in [0, 0.1) is 0 Å². The van der Waals surface area contributed by atoms with Gasteiger partial charge < -0.3 is 0 Å². The number of benzene rings is 2. The molecule has 0 heterocycles. The minimum Gasteiger partial charge on any atom is -0.168 e. The van der Waals surface area contributed by atoms with E-state index >= 15 is 0 Å². The standard InChI is InChI=1S/C19H22S2/c1-18(2,20)14-5-7-16-12(10-14)9-13-11-15(19(3,4)21)6-8-17(13)16/h5-8,10-11,20-21H,9H2,1-4H3. The van der Waals surface area contributed by atoms with Gasteiger partial charge in [0, 0.05) is 9.49 Å². The highest BCUT2D eigenvalue weighted by Gasteiger charge is 2.24. The SMILES string of the molecule is CC(C)(S)c1ccc2c(c1)Cc1cc(C(C)(C)S)ccc1-2. The van der Waals surface area contributed by atoms with Gasteiger partial charge in [0.15, 0.2) is 0 Å². The predicted octanol–water partition coefficient (Wildman–Crippen LogP) is 5.59. The van der Waals surface area contributed by atoms with Crippen LogP contribution in [0.3, 0.4) is 0 Å². The minimum atomic E-state index is -0.0952. The quantitative estimate of drug-likeness (QED) is 0.566. The monoisotopic (exact) mass is 314 g/mol. The van der Waals surface area contributed by atoms with Gasteiger partial charge in [-0.15, -0.1) is 0 Å². The van der Waals surface area contributed by atoms with Crippen molar-refractivity contribution < 1.29 is 0 Å². The third kappa shape index (κ3) is 2.76.